The SMILES string of the molecule is CCCNC(C)c1ccc(N2CCSCC2)c(Cl)c1. The van der Waals surface area contributed by atoms with Gasteiger partial charge in [0.25, 0.3) is 0 Å². The second-order valence-corrected chi connectivity index (χ2v) is 6.62. The van der Waals surface area contributed by atoms with Gasteiger partial charge in [0, 0.05) is 30.6 Å². The van der Waals surface area contributed by atoms with E-state index in [1.807, 2.05) is 11.8 Å². The first-order valence-corrected chi connectivity index (χ1v) is 8.61. The smallest absolute Gasteiger partial charge is 0.0642 e. The van der Waals surface area contributed by atoms with Crippen molar-refractivity contribution < 1.29 is 0 Å². The lowest BCUT2D eigenvalue weighted by molar-refractivity contribution is 0.571. The van der Waals surface area contributed by atoms with Crippen LogP contribution in [-0.4, -0.2) is 31.1 Å². The standard InChI is InChI=1S/C15H23ClN2S/c1-3-6-17-12(2)13-4-5-15(14(16)11-13)18-7-9-19-10-8-18/h4-5,11-12,17H,3,6-10H2,1-2H3. The summed E-state index contributed by atoms with van der Waals surface area (Å²) < 4.78 is 0. The minimum atomic E-state index is 0.364. The fraction of sp³-hybridized carbons (Fsp3) is 0.600. The summed E-state index contributed by atoms with van der Waals surface area (Å²) >= 11 is 8.49. The highest BCUT2D eigenvalue weighted by molar-refractivity contribution is 7.99. The molecule has 1 N–H and O–H groups in total. The van der Waals surface area contributed by atoms with Crippen LogP contribution in [0.5, 0.6) is 0 Å². The molecule has 1 aliphatic rings. The van der Waals surface area contributed by atoms with Gasteiger partial charge in [-0.25, -0.2) is 0 Å². The Labute approximate surface area is 125 Å². The van der Waals surface area contributed by atoms with E-state index in [0.29, 0.717) is 6.04 Å². The van der Waals surface area contributed by atoms with Crippen molar-refractivity contribution in [3.8, 4) is 0 Å². The lowest BCUT2D eigenvalue weighted by Gasteiger charge is -2.29. The third-order valence-electron chi connectivity index (χ3n) is 3.52. The molecule has 1 aliphatic heterocycles. The molecule has 1 atom stereocenters. The van der Waals surface area contributed by atoms with E-state index in [1.54, 1.807) is 0 Å². The first-order chi connectivity index (χ1) is 9.22. The molecule has 19 heavy (non-hydrogen) atoms. The molecule has 0 saturated carbocycles. The first-order valence-electron chi connectivity index (χ1n) is 7.08. The molecular formula is C15H23ClN2S. The molecule has 1 aromatic carbocycles. The summed E-state index contributed by atoms with van der Waals surface area (Å²) in [5.41, 5.74) is 2.46. The molecule has 4 heteroatoms. The second-order valence-electron chi connectivity index (χ2n) is 4.99. The Balaban J connectivity index is 2.07. The molecular weight excluding hydrogens is 276 g/mol. The van der Waals surface area contributed by atoms with Crippen LogP contribution in [0.2, 0.25) is 5.02 Å². The number of nitrogens with zero attached hydrogens (tertiary/aromatic N) is 1. The lowest BCUT2D eigenvalue weighted by atomic mass is 10.1. The summed E-state index contributed by atoms with van der Waals surface area (Å²) in [5, 5.41) is 4.38. The van der Waals surface area contributed by atoms with E-state index in [1.165, 1.54) is 22.8 Å². The zero-order valence-electron chi connectivity index (χ0n) is 11.8. The van der Waals surface area contributed by atoms with Gasteiger partial charge in [0.05, 0.1) is 10.7 Å². The van der Waals surface area contributed by atoms with Crippen LogP contribution in [0.15, 0.2) is 18.2 Å². The van der Waals surface area contributed by atoms with Gasteiger partial charge in [0.2, 0.25) is 0 Å². The van der Waals surface area contributed by atoms with Gasteiger partial charge in [-0.3, -0.25) is 0 Å². The first kappa shape index (κ1) is 15.0. The van der Waals surface area contributed by atoms with Crippen LogP contribution in [-0.2, 0) is 0 Å². The Morgan fingerprint density at radius 1 is 1.37 bits per heavy atom. The minimum absolute atomic E-state index is 0.364. The lowest BCUT2D eigenvalue weighted by Crippen LogP contribution is -2.32. The third kappa shape index (κ3) is 4.04. The summed E-state index contributed by atoms with van der Waals surface area (Å²) in [6, 6.07) is 6.86. The maximum atomic E-state index is 6.46. The summed E-state index contributed by atoms with van der Waals surface area (Å²) in [5.74, 6) is 2.40. The monoisotopic (exact) mass is 298 g/mol. The highest BCUT2D eigenvalue weighted by Crippen LogP contribution is 2.30. The van der Waals surface area contributed by atoms with Crippen molar-refractivity contribution in [3.05, 3.63) is 28.8 Å². The number of anilines is 1. The van der Waals surface area contributed by atoms with E-state index in [9.17, 15) is 0 Å². The molecule has 0 amide bonds. The average molecular weight is 299 g/mol. The number of nitrogens with one attached hydrogen (secondary N) is 1. The van der Waals surface area contributed by atoms with Crippen LogP contribution in [0.1, 0.15) is 31.9 Å². The normalized spacial score (nSPS) is 17.5. The zero-order chi connectivity index (χ0) is 13.7. The third-order valence-corrected chi connectivity index (χ3v) is 4.77. The number of hydrogen-bond donors (Lipinski definition) is 1. The van der Waals surface area contributed by atoms with Crippen LogP contribution in [0.4, 0.5) is 5.69 Å². The van der Waals surface area contributed by atoms with Gasteiger partial charge in [-0.2, -0.15) is 11.8 Å². The van der Waals surface area contributed by atoms with Crippen molar-refractivity contribution in [1.29, 1.82) is 0 Å². The topological polar surface area (TPSA) is 15.3 Å². The molecule has 2 rings (SSSR count). The van der Waals surface area contributed by atoms with Crippen molar-refractivity contribution in [2.24, 2.45) is 0 Å². The molecule has 0 radical (unpaired) electrons. The molecule has 1 heterocycles. The zero-order valence-corrected chi connectivity index (χ0v) is 13.4. The highest BCUT2D eigenvalue weighted by Gasteiger charge is 2.15. The summed E-state index contributed by atoms with van der Waals surface area (Å²) in [6.07, 6.45) is 1.15. The molecule has 106 valence electrons. The van der Waals surface area contributed by atoms with Crippen LogP contribution >= 0.6 is 23.4 Å². The van der Waals surface area contributed by atoms with E-state index in [0.717, 1.165) is 31.1 Å². The van der Waals surface area contributed by atoms with Gasteiger partial charge >= 0.3 is 0 Å². The predicted molar refractivity (Wildman–Crippen MR) is 87.7 cm³/mol. The molecule has 1 unspecified atom stereocenters. The van der Waals surface area contributed by atoms with Gasteiger partial charge in [-0.1, -0.05) is 24.6 Å². The maximum absolute atomic E-state index is 6.46. The molecule has 1 fully saturated rings. The van der Waals surface area contributed by atoms with Crippen molar-refractivity contribution in [2.75, 3.05) is 36.0 Å². The van der Waals surface area contributed by atoms with Crippen LogP contribution < -0.4 is 10.2 Å². The highest BCUT2D eigenvalue weighted by atomic mass is 35.5. The Bertz CT molecular complexity index is 405. The Kier molecular flexibility index (Phi) is 5.86. The molecule has 0 bridgehead atoms. The summed E-state index contributed by atoms with van der Waals surface area (Å²) in [4.78, 5) is 2.40. The van der Waals surface area contributed by atoms with Gasteiger partial charge in [0.1, 0.15) is 0 Å². The van der Waals surface area contributed by atoms with E-state index < -0.39 is 0 Å². The molecule has 1 saturated heterocycles. The van der Waals surface area contributed by atoms with Crippen molar-refractivity contribution in [2.45, 2.75) is 26.3 Å². The molecule has 0 spiro atoms. The number of hydrogen-bond acceptors (Lipinski definition) is 3. The molecule has 0 aromatic heterocycles. The molecule has 2 nitrogen and oxygen atoms in total. The summed E-state index contributed by atoms with van der Waals surface area (Å²) in [7, 11) is 0. The Morgan fingerprint density at radius 3 is 2.74 bits per heavy atom. The number of rotatable bonds is 5. The fourth-order valence-corrected chi connectivity index (χ4v) is 3.54. The van der Waals surface area contributed by atoms with Crippen molar-refractivity contribution in [3.63, 3.8) is 0 Å². The Morgan fingerprint density at radius 2 is 2.11 bits per heavy atom. The number of benzene rings is 1. The summed E-state index contributed by atoms with van der Waals surface area (Å²) in [6.45, 7) is 7.63. The van der Waals surface area contributed by atoms with E-state index >= 15 is 0 Å². The quantitative estimate of drug-likeness (QED) is 0.886. The van der Waals surface area contributed by atoms with Gasteiger partial charge < -0.3 is 10.2 Å². The number of thioether (sulfide) groups is 1. The van der Waals surface area contributed by atoms with Crippen LogP contribution in [0.25, 0.3) is 0 Å². The van der Waals surface area contributed by atoms with E-state index in [2.05, 4.69) is 42.3 Å². The van der Waals surface area contributed by atoms with Gasteiger partial charge in [-0.15, -0.1) is 0 Å². The maximum Gasteiger partial charge on any atom is 0.0642 e. The van der Waals surface area contributed by atoms with Crippen molar-refractivity contribution >= 4 is 29.1 Å². The minimum Gasteiger partial charge on any atom is -0.369 e. The van der Waals surface area contributed by atoms with Gasteiger partial charge in [0.15, 0.2) is 0 Å². The largest absolute Gasteiger partial charge is 0.369 e. The van der Waals surface area contributed by atoms with E-state index in [4.69, 9.17) is 11.6 Å². The van der Waals surface area contributed by atoms with Crippen LogP contribution in [0, 0.1) is 0 Å². The van der Waals surface area contributed by atoms with E-state index in [-0.39, 0.29) is 0 Å². The van der Waals surface area contributed by atoms with Gasteiger partial charge in [-0.05, 0) is 37.6 Å². The predicted octanol–water partition coefficient (Wildman–Crippen LogP) is 3.95. The number of halogens is 1. The van der Waals surface area contributed by atoms with Crippen LogP contribution in [0.3, 0.4) is 0 Å². The second kappa shape index (κ2) is 7.41. The molecule has 0 aliphatic carbocycles. The fourth-order valence-electron chi connectivity index (χ4n) is 2.33. The average Bonchev–Trinajstić information content (AvgIpc) is 2.45. The Hall–Kier alpha value is -0.380. The molecule has 1 aromatic rings. The van der Waals surface area contributed by atoms with Crippen molar-refractivity contribution in [1.82, 2.24) is 5.32 Å².